The number of fused-ring (bicyclic) bond motifs is 1. The molecule has 2 heterocycles. The van der Waals surface area contributed by atoms with Gasteiger partial charge in [0.25, 0.3) is 0 Å². The fraction of sp³-hybridized carbons (Fsp3) is 0.250. The van der Waals surface area contributed by atoms with E-state index in [1.54, 1.807) is 0 Å². The van der Waals surface area contributed by atoms with Crippen LogP contribution in [-0.2, 0) is 0 Å². The Kier molecular flexibility index (Phi) is 4.35. The van der Waals surface area contributed by atoms with E-state index in [0.717, 1.165) is 16.7 Å². The molecule has 0 aliphatic carbocycles. The number of aromatic nitrogens is 3. The van der Waals surface area contributed by atoms with E-state index in [-0.39, 0.29) is 0 Å². The third-order valence-corrected chi connectivity index (χ3v) is 2.96. The van der Waals surface area contributed by atoms with Gasteiger partial charge in [0, 0.05) is 30.5 Å². The van der Waals surface area contributed by atoms with Crippen LogP contribution in [0.15, 0.2) is 42.7 Å². The molecule has 0 radical (unpaired) electrons. The van der Waals surface area contributed by atoms with E-state index < -0.39 is 0 Å². The van der Waals surface area contributed by atoms with Gasteiger partial charge >= 0.3 is 0 Å². The lowest BCUT2D eigenvalue weighted by Gasteiger charge is -2.06. The molecule has 0 aliphatic rings. The maximum absolute atomic E-state index is 4.49. The maximum Gasteiger partial charge on any atom is 0.224 e. The lowest BCUT2D eigenvalue weighted by molar-refractivity contribution is 1.07. The zero-order valence-electron chi connectivity index (χ0n) is 12.4. The number of benzene rings is 1. The molecule has 0 saturated heterocycles. The Labute approximate surface area is 119 Å². The van der Waals surface area contributed by atoms with Crippen molar-refractivity contribution in [3.63, 3.8) is 0 Å². The largest absolute Gasteiger partial charge is 0.357 e. The summed E-state index contributed by atoms with van der Waals surface area (Å²) in [6.45, 7) is 6.08. The second-order valence-corrected chi connectivity index (χ2v) is 4.24. The van der Waals surface area contributed by atoms with Crippen LogP contribution in [0.3, 0.4) is 0 Å². The molecular weight excluding hydrogens is 248 g/mol. The van der Waals surface area contributed by atoms with Crippen LogP contribution in [0.5, 0.6) is 0 Å². The number of nitrogens with one attached hydrogen (secondary N) is 1. The molecule has 1 N–H and O–H groups in total. The lowest BCUT2D eigenvalue weighted by atomic mass is 10.2. The highest BCUT2D eigenvalue weighted by Gasteiger charge is 2.05. The average Bonchev–Trinajstić information content (AvgIpc) is 2.93. The Morgan fingerprint density at radius 2 is 1.75 bits per heavy atom. The first-order valence-corrected chi connectivity index (χ1v) is 6.87. The second kappa shape index (κ2) is 6.19. The van der Waals surface area contributed by atoms with E-state index in [1.165, 1.54) is 5.56 Å². The fourth-order valence-electron chi connectivity index (χ4n) is 1.95. The highest BCUT2D eigenvalue weighted by atomic mass is 15.1. The molecule has 3 aromatic rings. The molecular formula is C16H20N4. The van der Waals surface area contributed by atoms with Crippen molar-refractivity contribution in [3.05, 3.63) is 48.3 Å². The van der Waals surface area contributed by atoms with Crippen LogP contribution >= 0.6 is 0 Å². The quantitative estimate of drug-likeness (QED) is 0.768. The van der Waals surface area contributed by atoms with Crippen molar-refractivity contribution in [2.45, 2.75) is 20.8 Å². The summed E-state index contributed by atoms with van der Waals surface area (Å²) < 4.78 is 2.07. The number of nitrogens with zero attached hydrogens (tertiary/aromatic N) is 3. The van der Waals surface area contributed by atoms with E-state index in [1.807, 2.05) is 39.4 Å². The second-order valence-electron chi connectivity index (χ2n) is 4.24. The van der Waals surface area contributed by atoms with Gasteiger partial charge in [-0.1, -0.05) is 31.5 Å². The van der Waals surface area contributed by atoms with Crippen molar-refractivity contribution in [2.75, 3.05) is 12.4 Å². The van der Waals surface area contributed by atoms with E-state index >= 15 is 0 Å². The first-order valence-electron chi connectivity index (χ1n) is 6.87. The normalized spacial score (nSPS) is 10.0. The van der Waals surface area contributed by atoms with Crippen LogP contribution in [0.25, 0.3) is 16.7 Å². The predicted molar refractivity (Wildman–Crippen MR) is 84.5 cm³/mol. The SMILES string of the molecule is CC.CNc1ncc2ccn(-c3ccc(C)cc3)c2n1. The Hall–Kier alpha value is -2.36. The molecule has 1 aromatic carbocycles. The number of rotatable bonds is 2. The van der Waals surface area contributed by atoms with Crippen LogP contribution in [0, 0.1) is 6.92 Å². The van der Waals surface area contributed by atoms with Crippen LogP contribution < -0.4 is 5.32 Å². The minimum atomic E-state index is 0.634. The average molecular weight is 268 g/mol. The van der Waals surface area contributed by atoms with Gasteiger partial charge in [-0.15, -0.1) is 0 Å². The van der Waals surface area contributed by atoms with Gasteiger partial charge in [-0.2, -0.15) is 4.98 Å². The Balaban J connectivity index is 0.000000704. The summed E-state index contributed by atoms with van der Waals surface area (Å²) >= 11 is 0. The first kappa shape index (κ1) is 14.1. The minimum absolute atomic E-state index is 0.634. The highest BCUT2D eigenvalue weighted by molar-refractivity contribution is 5.78. The van der Waals surface area contributed by atoms with Crippen LogP contribution in [-0.4, -0.2) is 21.6 Å². The van der Waals surface area contributed by atoms with Gasteiger partial charge in [0.1, 0.15) is 5.65 Å². The Morgan fingerprint density at radius 1 is 1.05 bits per heavy atom. The molecule has 0 aliphatic heterocycles. The van der Waals surface area contributed by atoms with Crippen LogP contribution in [0.4, 0.5) is 5.95 Å². The Bertz CT molecular complexity index is 683. The molecule has 4 heteroatoms. The van der Waals surface area contributed by atoms with E-state index in [9.17, 15) is 0 Å². The summed E-state index contributed by atoms with van der Waals surface area (Å²) in [7, 11) is 1.82. The van der Waals surface area contributed by atoms with Crippen molar-refractivity contribution in [3.8, 4) is 5.69 Å². The number of anilines is 1. The van der Waals surface area contributed by atoms with Gasteiger partial charge in [-0.05, 0) is 25.1 Å². The molecule has 3 rings (SSSR count). The van der Waals surface area contributed by atoms with Gasteiger partial charge in [0.2, 0.25) is 5.95 Å². The van der Waals surface area contributed by atoms with Crippen molar-refractivity contribution >= 4 is 17.0 Å². The molecule has 0 atom stereocenters. The maximum atomic E-state index is 4.49. The fourth-order valence-corrected chi connectivity index (χ4v) is 1.95. The molecule has 104 valence electrons. The van der Waals surface area contributed by atoms with Gasteiger partial charge in [0.15, 0.2) is 0 Å². The molecule has 0 unspecified atom stereocenters. The van der Waals surface area contributed by atoms with E-state index in [4.69, 9.17) is 0 Å². The topological polar surface area (TPSA) is 42.7 Å². The molecule has 20 heavy (non-hydrogen) atoms. The predicted octanol–water partition coefficient (Wildman–Crippen LogP) is 3.80. The monoisotopic (exact) mass is 268 g/mol. The third kappa shape index (κ3) is 2.64. The molecule has 4 nitrogen and oxygen atoms in total. The minimum Gasteiger partial charge on any atom is -0.357 e. The molecule has 2 aromatic heterocycles. The van der Waals surface area contributed by atoms with Crippen molar-refractivity contribution in [1.29, 1.82) is 0 Å². The summed E-state index contributed by atoms with van der Waals surface area (Å²) in [6, 6.07) is 10.4. The van der Waals surface area contributed by atoms with Gasteiger partial charge < -0.3 is 9.88 Å². The van der Waals surface area contributed by atoms with Gasteiger partial charge in [-0.3, -0.25) is 0 Å². The summed E-state index contributed by atoms with van der Waals surface area (Å²) in [6.07, 6.45) is 3.85. The number of hydrogen-bond acceptors (Lipinski definition) is 3. The summed E-state index contributed by atoms with van der Waals surface area (Å²) in [5, 5.41) is 4.00. The first-order chi connectivity index (χ1) is 9.78. The smallest absolute Gasteiger partial charge is 0.224 e. The van der Waals surface area contributed by atoms with Gasteiger partial charge in [-0.25, -0.2) is 4.98 Å². The van der Waals surface area contributed by atoms with Crippen LogP contribution in [0.2, 0.25) is 0 Å². The Morgan fingerprint density at radius 3 is 2.40 bits per heavy atom. The summed E-state index contributed by atoms with van der Waals surface area (Å²) in [5.41, 5.74) is 3.27. The van der Waals surface area contributed by atoms with Crippen molar-refractivity contribution < 1.29 is 0 Å². The summed E-state index contributed by atoms with van der Waals surface area (Å²) in [4.78, 5) is 8.70. The molecule has 0 fully saturated rings. The third-order valence-electron chi connectivity index (χ3n) is 2.96. The zero-order valence-corrected chi connectivity index (χ0v) is 12.4. The van der Waals surface area contributed by atoms with E-state index in [0.29, 0.717) is 5.95 Å². The standard InChI is InChI=1S/C14H14N4.C2H6/c1-10-3-5-12(6-4-10)18-8-7-11-9-16-14(15-2)17-13(11)18;1-2/h3-9H,1-2H3,(H,15,16,17);1-2H3. The molecule has 0 amide bonds. The van der Waals surface area contributed by atoms with Crippen molar-refractivity contribution in [1.82, 2.24) is 14.5 Å². The lowest BCUT2D eigenvalue weighted by Crippen LogP contribution is -1.99. The van der Waals surface area contributed by atoms with Crippen molar-refractivity contribution in [2.24, 2.45) is 0 Å². The molecule has 0 bridgehead atoms. The number of hydrogen-bond donors (Lipinski definition) is 1. The van der Waals surface area contributed by atoms with Crippen LogP contribution in [0.1, 0.15) is 19.4 Å². The number of aryl methyl sites for hydroxylation is 1. The zero-order chi connectivity index (χ0) is 14.5. The highest BCUT2D eigenvalue weighted by Crippen LogP contribution is 2.19. The molecule has 0 saturated carbocycles. The van der Waals surface area contributed by atoms with E-state index in [2.05, 4.69) is 51.0 Å². The molecule has 0 spiro atoms. The summed E-state index contributed by atoms with van der Waals surface area (Å²) in [5.74, 6) is 0.634. The van der Waals surface area contributed by atoms with Gasteiger partial charge in [0.05, 0.1) is 0 Å².